The summed E-state index contributed by atoms with van der Waals surface area (Å²) in [6, 6.07) is 16.1. The Hall–Kier alpha value is -2.88. The zero-order valence-electron chi connectivity index (χ0n) is 15.5. The lowest BCUT2D eigenvalue weighted by atomic mass is 9.96. The molecule has 0 aliphatic carbocycles. The maximum Gasteiger partial charge on any atom is 0.248 e. The van der Waals surface area contributed by atoms with Crippen LogP contribution in [0.25, 0.3) is 10.9 Å². The van der Waals surface area contributed by atoms with Gasteiger partial charge in [-0.2, -0.15) is 0 Å². The van der Waals surface area contributed by atoms with E-state index in [1.54, 1.807) is 12.1 Å². The van der Waals surface area contributed by atoms with Gasteiger partial charge in [-0.05, 0) is 54.7 Å². The van der Waals surface area contributed by atoms with Gasteiger partial charge in [0.1, 0.15) is 0 Å². The number of hydrogen-bond donors (Lipinski definition) is 2. The lowest BCUT2D eigenvalue weighted by molar-refractivity contribution is 0.100. The Balaban J connectivity index is 1.88. The second-order valence-corrected chi connectivity index (χ2v) is 7.23. The average molecular weight is 347 g/mol. The molecule has 0 saturated heterocycles. The van der Waals surface area contributed by atoms with E-state index in [0.29, 0.717) is 11.5 Å². The summed E-state index contributed by atoms with van der Waals surface area (Å²) in [6.07, 6.45) is 2.86. The van der Waals surface area contributed by atoms with Crippen LogP contribution in [0.4, 0.5) is 5.69 Å². The number of pyridine rings is 1. The van der Waals surface area contributed by atoms with E-state index >= 15 is 0 Å². The van der Waals surface area contributed by atoms with Gasteiger partial charge in [0.2, 0.25) is 5.91 Å². The van der Waals surface area contributed by atoms with E-state index in [9.17, 15) is 4.79 Å². The minimum atomic E-state index is -0.404. The van der Waals surface area contributed by atoms with Crippen molar-refractivity contribution < 1.29 is 4.79 Å². The second kappa shape index (κ2) is 7.56. The van der Waals surface area contributed by atoms with Crippen LogP contribution in [0.5, 0.6) is 0 Å². The smallest absolute Gasteiger partial charge is 0.248 e. The number of aryl methyl sites for hydroxylation is 1. The molecule has 1 unspecified atom stereocenters. The Morgan fingerprint density at radius 2 is 1.85 bits per heavy atom. The quantitative estimate of drug-likeness (QED) is 0.670. The maximum atomic E-state index is 11.3. The van der Waals surface area contributed by atoms with Gasteiger partial charge in [-0.15, -0.1) is 0 Å². The minimum Gasteiger partial charge on any atom is -0.377 e. The van der Waals surface area contributed by atoms with Crippen LogP contribution in [0.15, 0.2) is 54.7 Å². The summed E-state index contributed by atoms with van der Waals surface area (Å²) in [5.41, 5.74) is 10.2. The van der Waals surface area contributed by atoms with Crippen molar-refractivity contribution >= 4 is 22.5 Å². The topological polar surface area (TPSA) is 68.0 Å². The third kappa shape index (κ3) is 4.20. The van der Waals surface area contributed by atoms with Gasteiger partial charge in [0.05, 0.1) is 23.4 Å². The minimum absolute atomic E-state index is 0.140. The molecular formula is C22H25N3O. The summed E-state index contributed by atoms with van der Waals surface area (Å²) in [6.45, 7) is 6.48. The summed E-state index contributed by atoms with van der Waals surface area (Å²) in [5.74, 6) is 0.123. The number of fused-ring (bicyclic) bond motifs is 1. The normalized spacial score (nSPS) is 12.3. The molecule has 1 heterocycles. The number of hydrogen-bond acceptors (Lipinski definition) is 3. The SMILES string of the molecule is Cc1ccc2cc(NC(CC(C)C)c3ccc(C(N)=O)cc3)cnc2c1. The standard InChI is InChI=1S/C22H25N3O/c1-14(2)10-21(16-6-8-17(9-7-16)22(23)26)25-19-12-18-5-4-15(3)11-20(18)24-13-19/h4-9,11-14,21,25H,10H2,1-3H3,(H2,23,26). The fourth-order valence-corrected chi connectivity index (χ4v) is 3.14. The Kier molecular flexibility index (Phi) is 5.21. The number of primary amides is 1. The molecule has 0 saturated carbocycles. The maximum absolute atomic E-state index is 11.3. The molecule has 4 nitrogen and oxygen atoms in total. The molecule has 0 bridgehead atoms. The molecule has 0 aliphatic rings. The number of rotatable bonds is 6. The molecule has 4 heteroatoms. The molecule has 26 heavy (non-hydrogen) atoms. The molecule has 3 N–H and O–H groups in total. The van der Waals surface area contributed by atoms with Gasteiger partial charge in [-0.1, -0.05) is 38.1 Å². The van der Waals surface area contributed by atoms with Crippen molar-refractivity contribution in [2.45, 2.75) is 33.2 Å². The number of aromatic nitrogens is 1. The number of anilines is 1. The predicted octanol–water partition coefficient (Wildman–Crippen LogP) is 4.84. The van der Waals surface area contributed by atoms with Crippen LogP contribution in [-0.2, 0) is 0 Å². The van der Waals surface area contributed by atoms with Gasteiger partial charge in [0.25, 0.3) is 0 Å². The third-order valence-electron chi connectivity index (χ3n) is 4.49. The van der Waals surface area contributed by atoms with Gasteiger partial charge in [-0.25, -0.2) is 0 Å². The number of carbonyl (C=O) groups is 1. The summed E-state index contributed by atoms with van der Waals surface area (Å²) < 4.78 is 0. The van der Waals surface area contributed by atoms with E-state index in [4.69, 9.17) is 5.73 Å². The van der Waals surface area contributed by atoms with Crippen LogP contribution in [-0.4, -0.2) is 10.9 Å². The molecular weight excluding hydrogens is 322 g/mol. The summed E-state index contributed by atoms with van der Waals surface area (Å²) in [7, 11) is 0. The molecule has 1 aromatic heterocycles. The summed E-state index contributed by atoms with van der Waals surface area (Å²) in [5, 5.41) is 4.72. The van der Waals surface area contributed by atoms with Gasteiger partial charge in [0, 0.05) is 10.9 Å². The van der Waals surface area contributed by atoms with E-state index in [1.165, 1.54) is 5.56 Å². The van der Waals surface area contributed by atoms with Crippen molar-refractivity contribution in [1.82, 2.24) is 4.98 Å². The van der Waals surface area contributed by atoms with Gasteiger partial charge >= 0.3 is 0 Å². The Morgan fingerprint density at radius 3 is 2.50 bits per heavy atom. The van der Waals surface area contributed by atoms with Gasteiger partial charge in [0.15, 0.2) is 0 Å². The van der Waals surface area contributed by atoms with Crippen LogP contribution < -0.4 is 11.1 Å². The number of carbonyl (C=O) groups excluding carboxylic acids is 1. The van der Waals surface area contributed by atoms with Gasteiger partial charge in [-0.3, -0.25) is 9.78 Å². The van der Waals surface area contributed by atoms with Crippen molar-refractivity contribution in [2.24, 2.45) is 11.7 Å². The van der Waals surface area contributed by atoms with Crippen molar-refractivity contribution in [2.75, 3.05) is 5.32 Å². The molecule has 0 fully saturated rings. The highest BCUT2D eigenvalue weighted by Gasteiger charge is 2.14. The average Bonchev–Trinajstić information content (AvgIpc) is 2.61. The molecule has 3 rings (SSSR count). The number of nitrogens with one attached hydrogen (secondary N) is 1. The molecule has 1 amide bonds. The van der Waals surface area contributed by atoms with Crippen LogP contribution in [0, 0.1) is 12.8 Å². The lowest BCUT2D eigenvalue weighted by Gasteiger charge is -2.22. The Bertz CT molecular complexity index is 916. The van der Waals surface area contributed by atoms with E-state index in [0.717, 1.165) is 28.6 Å². The highest BCUT2D eigenvalue weighted by molar-refractivity contribution is 5.92. The Labute approximate surface area is 154 Å². The number of nitrogens with zero attached hydrogens (tertiary/aromatic N) is 1. The van der Waals surface area contributed by atoms with Crippen molar-refractivity contribution in [3.63, 3.8) is 0 Å². The highest BCUT2D eigenvalue weighted by Crippen LogP contribution is 2.27. The summed E-state index contributed by atoms with van der Waals surface area (Å²) in [4.78, 5) is 15.9. The van der Waals surface area contributed by atoms with E-state index in [2.05, 4.69) is 55.3 Å². The monoisotopic (exact) mass is 347 g/mol. The first-order chi connectivity index (χ1) is 12.4. The third-order valence-corrected chi connectivity index (χ3v) is 4.49. The van der Waals surface area contributed by atoms with E-state index < -0.39 is 5.91 Å². The van der Waals surface area contributed by atoms with Crippen molar-refractivity contribution in [1.29, 1.82) is 0 Å². The molecule has 0 aliphatic heterocycles. The first-order valence-electron chi connectivity index (χ1n) is 8.95. The molecule has 3 aromatic rings. The van der Waals surface area contributed by atoms with E-state index in [-0.39, 0.29) is 6.04 Å². The molecule has 0 radical (unpaired) electrons. The van der Waals surface area contributed by atoms with Crippen molar-refractivity contribution in [3.05, 3.63) is 71.4 Å². The largest absolute Gasteiger partial charge is 0.377 e. The van der Waals surface area contributed by atoms with Crippen molar-refractivity contribution in [3.8, 4) is 0 Å². The Morgan fingerprint density at radius 1 is 1.12 bits per heavy atom. The lowest BCUT2D eigenvalue weighted by Crippen LogP contribution is -2.15. The molecule has 0 spiro atoms. The van der Waals surface area contributed by atoms with Crippen LogP contribution in [0.2, 0.25) is 0 Å². The number of amides is 1. The fourth-order valence-electron chi connectivity index (χ4n) is 3.14. The van der Waals surface area contributed by atoms with Crippen LogP contribution >= 0.6 is 0 Å². The van der Waals surface area contributed by atoms with E-state index in [1.807, 2.05) is 18.3 Å². The van der Waals surface area contributed by atoms with Crippen LogP contribution in [0.1, 0.15) is 47.8 Å². The first-order valence-corrected chi connectivity index (χ1v) is 8.95. The second-order valence-electron chi connectivity index (χ2n) is 7.23. The predicted molar refractivity (Wildman–Crippen MR) is 107 cm³/mol. The number of nitrogens with two attached hydrogens (primary N) is 1. The van der Waals surface area contributed by atoms with Crippen LogP contribution in [0.3, 0.4) is 0 Å². The number of benzene rings is 2. The molecule has 134 valence electrons. The summed E-state index contributed by atoms with van der Waals surface area (Å²) >= 11 is 0. The zero-order valence-corrected chi connectivity index (χ0v) is 15.5. The molecule has 2 aromatic carbocycles. The molecule has 1 atom stereocenters. The van der Waals surface area contributed by atoms with Gasteiger partial charge < -0.3 is 11.1 Å². The first kappa shape index (κ1) is 17.9. The highest BCUT2D eigenvalue weighted by atomic mass is 16.1. The fraction of sp³-hybridized carbons (Fsp3) is 0.273. The zero-order chi connectivity index (χ0) is 18.7.